The molecule has 0 aliphatic carbocycles. The van der Waals surface area contributed by atoms with Crippen LogP contribution in [0, 0.1) is 5.92 Å². The third kappa shape index (κ3) is 2.34. The Morgan fingerprint density at radius 3 is 2.41 bits per heavy atom. The lowest BCUT2D eigenvalue weighted by molar-refractivity contribution is -0.138. The van der Waals surface area contributed by atoms with E-state index < -0.39 is 5.97 Å². The van der Waals surface area contributed by atoms with Gasteiger partial charge in [0.1, 0.15) is 0 Å². The number of aliphatic carboxylic acids is 1. The second kappa shape index (κ2) is 4.81. The Labute approximate surface area is 107 Å². The molecule has 0 radical (unpaired) electrons. The number of carboxylic acids is 1. The molecule has 3 saturated heterocycles. The van der Waals surface area contributed by atoms with E-state index in [4.69, 9.17) is 5.11 Å². The Morgan fingerprint density at radius 1 is 1.18 bits per heavy atom. The molecule has 3 aliphatic rings. The zero-order chi connectivity index (χ0) is 11.8. The summed E-state index contributed by atoms with van der Waals surface area (Å²) in [6.07, 6.45) is 6.61. The lowest BCUT2D eigenvalue weighted by atomic mass is 9.87. The monoisotopic (exact) mass is 255 g/mol. The molecule has 3 rings (SSSR count). The summed E-state index contributed by atoms with van der Waals surface area (Å²) in [5.41, 5.74) is 0. The molecule has 0 aromatic heterocycles. The first-order valence-electron chi connectivity index (χ1n) is 6.81. The number of thioether (sulfide) groups is 1. The number of carbonyl (C=O) groups is 1. The maximum Gasteiger partial charge on any atom is 0.303 e. The molecule has 3 atom stereocenters. The summed E-state index contributed by atoms with van der Waals surface area (Å²) >= 11 is 2.08. The molecule has 1 N–H and O–H groups in total. The first-order chi connectivity index (χ1) is 8.24. The van der Waals surface area contributed by atoms with E-state index in [1.807, 2.05) is 0 Å². The summed E-state index contributed by atoms with van der Waals surface area (Å²) in [6.45, 7) is 0. The van der Waals surface area contributed by atoms with Gasteiger partial charge in [-0.05, 0) is 43.8 Å². The lowest BCUT2D eigenvalue weighted by Crippen LogP contribution is -2.49. The minimum absolute atomic E-state index is 0.389. The third-order valence-electron chi connectivity index (χ3n) is 4.68. The van der Waals surface area contributed by atoms with Crippen LogP contribution in [0.5, 0.6) is 0 Å². The third-order valence-corrected chi connectivity index (χ3v) is 5.82. The molecular formula is C13H21NO2S. The average molecular weight is 255 g/mol. The highest BCUT2D eigenvalue weighted by Crippen LogP contribution is 2.43. The number of nitrogens with zero attached hydrogens (tertiary/aromatic N) is 1. The molecule has 17 heavy (non-hydrogen) atoms. The molecule has 0 amide bonds. The van der Waals surface area contributed by atoms with Gasteiger partial charge in [0.25, 0.3) is 0 Å². The van der Waals surface area contributed by atoms with Gasteiger partial charge >= 0.3 is 5.97 Å². The van der Waals surface area contributed by atoms with Gasteiger partial charge in [0.05, 0.1) is 0 Å². The van der Waals surface area contributed by atoms with Crippen molar-refractivity contribution in [1.82, 2.24) is 4.90 Å². The maximum absolute atomic E-state index is 10.8. The van der Waals surface area contributed by atoms with Gasteiger partial charge in [0.15, 0.2) is 0 Å². The first kappa shape index (κ1) is 11.8. The second-order valence-corrected chi connectivity index (χ2v) is 6.93. The zero-order valence-electron chi connectivity index (χ0n) is 10.2. The minimum Gasteiger partial charge on any atom is -0.481 e. The molecule has 3 unspecified atom stereocenters. The van der Waals surface area contributed by atoms with E-state index in [0.29, 0.717) is 24.4 Å². The molecule has 0 spiro atoms. The summed E-state index contributed by atoms with van der Waals surface area (Å²) in [6, 6.07) is 2.19. The normalized spacial score (nSPS) is 41.9. The Bertz CT molecular complexity index is 290. The largest absolute Gasteiger partial charge is 0.481 e. The van der Waals surface area contributed by atoms with E-state index in [2.05, 4.69) is 16.7 Å². The van der Waals surface area contributed by atoms with Crippen molar-refractivity contribution < 1.29 is 9.90 Å². The van der Waals surface area contributed by atoms with Crippen molar-refractivity contribution in [3.63, 3.8) is 0 Å². The van der Waals surface area contributed by atoms with E-state index in [-0.39, 0.29) is 0 Å². The molecule has 0 aromatic rings. The highest BCUT2D eigenvalue weighted by atomic mass is 32.2. The lowest BCUT2D eigenvalue weighted by Gasteiger charge is -2.42. The van der Waals surface area contributed by atoms with Crippen LogP contribution in [0.2, 0.25) is 0 Å². The SMILES string of the molecule is O=C(O)CC1CC2CCC(C1)N2C1CCSC1. The molecular weight excluding hydrogens is 234 g/mol. The van der Waals surface area contributed by atoms with Crippen LogP contribution in [0.4, 0.5) is 0 Å². The number of carboxylic acid groups (broad SMARTS) is 1. The highest BCUT2D eigenvalue weighted by molar-refractivity contribution is 7.99. The fourth-order valence-corrected chi connectivity index (χ4v) is 5.31. The minimum atomic E-state index is -0.612. The van der Waals surface area contributed by atoms with Crippen molar-refractivity contribution in [2.45, 2.75) is 56.7 Å². The Balaban J connectivity index is 1.65. The van der Waals surface area contributed by atoms with Gasteiger partial charge in [-0.3, -0.25) is 9.69 Å². The Hall–Kier alpha value is -0.220. The molecule has 3 aliphatic heterocycles. The summed E-state index contributed by atoms with van der Waals surface area (Å²) in [5.74, 6) is 2.45. The van der Waals surface area contributed by atoms with Crippen LogP contribution >= 0.6 is 11.8 Å². The summed E-state index contributed by atoms with van der Waals surface area (Å²) in [4.78, 5) is 13.6. The van der Waals surface area contributed by atoms with E-state index in [9.17, 15) is 4.79 Å². The van der Waals surface area contributed by atoms with Crippen molar-refractivity contribution in [2.24, 2.45) is 5.92 Å². The molecule has 4 heteroatoms. The molecule has 3 fully saturated rings. The van der Waals surface area contributed by atoms with Crippen molar-refractivity contribution in [3.8, 4) is 0 Å². The fraction of sp³-hybridized carbons (Fsp3) is 0.923. The standard InChI is InChI=1S/C13H21NO2S/c15-13(16)7-9-5-10-1-2-11(6-9)14(10)12-3-4-17-8-12/h9-12H,1-8H2,(H,15,16). The van der Waals surface area contributed by atoms with Crippen LogP contribution in [0.25, 0.3) is 0 Å². The molecule has 3 nitrogen and oxygen atoms in total. The Kier molecular flexibility index (Phi) is 3.35. The van der Waals surface area contributed by atoms with Crippen molar-refractivity contribution >= 4 is 17.7 Å². The van der Waals surface area contributed by atoms with Gasteiger partial charge in [-0.15, -0.1) is 0 Å². The summed E-state index contributed by atoms with van der Waals surface area (Å²) in [7, 11) is 0. The molecule has 96 valence electrons. The first-order valence-corrected chi connectivity index (χ1v) is 7.96. The summed E-state index contributed by atoms with van der Waals surface area (Å²) < 4.78 is 0. The van der Waals surface area contributed by atoms with E-state index in [1.165, 1.54) is 30.8 Å². The van der Waals surface area contributed by atoms with Crippen LogP contribution in [-0.4, -0.2) is 45.6 Å². The Morgan fingerprint density at radius 2 is 1.88 bits per heavy atom. The molecule has 2 bridgehead atoms. The quantitative estimate of drug-likeness (QED) is 0.839. The van der Waals surface area contributed by atoms with Gasteiger partial charge in [-0.2, -0.15) is 11.8 Å². The molecule has 0 saturated carbocycles. The number of piperidine rings is 1. The topological polar surface area (TPSA) is 40.5 Å². The van der Waals surface area contributed by atoms with E-state index in [0.717, 1.165) is 18.9 Å². The smallest absolute Gasteiger partial charge is 0.303 e. The van der Waals surface area contributed by atoms with Crippen molar-refractivity contribution in [3.05, 3.63) is 0 Å². The van der Waals surface area contributed by atoms with Crippen LogP contribution in [0.15, 0.2) is 0 Å². The van der Waals surface area contributed by atoms with Crippen LogP contribution in [0.1, 0.15) is 38.5 Å². The fourth-order valence-electron chi connectivity index (χ4n) is 4.09. The van der Waals surface area contributed by atoms with Gasteiger partial charge < -0.3 is 5.11 Å². The van der Waals surface area contributed by atoms with Crippen LogP contribution < -0.4 is 0 Å². The zero-order valence-corrected chi connectivity index (χ0v) is 11.0. The predicted octanol–water partition coefficient (Wildman–Crippen LogP) is 2.21. The predicted molar refractivity (Wildman–Crippen MR) is 69.4 cm³/mol. The summed E-state index contributed by atoms with van der Waals surface area (Å²) in [5, 5.41) is 8.92. The number of hydrogen-bond acceptors (Lipinski definition) is 3. The highest BCUT2D eigenvalue weighted by Gasteiger charge is 2.44. The van der Waals surface area contributed by atoms with Crippen LogP contribution in [0.3, 0.4) is 0 Å². The molecule has 0 aromatic carbocycles. The number of fused-ring (bicyclic) bond motifs is 2. The van der Waals surface area contributed by atoms with Crippen LogP contribution in [-0.2, 0) is 4.79 Å². The van der Waals surface area contributed by atoms with Gasteiger partial charge in [0.2, 0.25) is 0 Å². The second-order valence-electron chi connectivity index (χ2n) is 5.78. The van der Waals surface area contributed by atoms with E-state index >= 15 is 0 Å². The average Bonchev–Trinajstić information content (AvgIpc) is 2.84. The van der Waals surface area contributed by atoms with Gasteiger partial charge in [-0.1, -0.05) is 0 Å². The van der Waals surface area contributed by atoms with Crippen molar-refractivity contribution in [2.75, 3.05) is 11.5 Å². The number of rotatable bonds is 3. The maximum atomic E-state index is 10.8. The molecule has 3 heterocycles. The van der Waals surface area contributed by atoms with Gasteiger partial charge in [0, 0.05) is 30.3 Å². The van der Waals surface area contributed by atoms with E-state index in [1.54, 1.807) is 0 Å². The van der Waals surface area contributed by atoms with Crippen molar-refractivity contribution in [1.29, 1.82) is 0 Å². The van der Waals surface area contributed by atoms with Gasteiger partial charge in [-0.25, -0.2) is 0 Å². The number of hydrogen-bond donors (Lipinski definition) is 1.